The summed E-state index contributed by atoms with van der Waals surface area (Å²) in [7, 11) is 2.12. The number of likely N-dealkylation sites (N-methyl/N-ethyl adjacent to an activating group) is 1. The van der Waals surface area contributed by atoms with Crippen molar-refractivity contribution in [1.29, 1.82) is 0 Å². The van der Waals surface area contributed by atoms with Crippen LogP contribution in [0, 0.1) is 0 Å². The van der Waals surface area contributed by atoms with Crippen LogP contribution in [0.4, 0.5) is 0 Å². The van der Waals surface area contributed by atoms with Gasteiger partial charge < -0.3 is 14.8 Å². The first kappa shape index (κ1) is 11.9. The lowest BCUT2D eigenvalue weighted by molar-refractivity contribution is -0.173. The zero-order valence-corrected chi connectivity index (χ0v) is 9.45. The van der Waals surface area contributed by atoms with Gasteiger partial charge >= 0.3 is 0 Å². The smallest absolute Gasteiger partial charge is 0.174 e. The molecule has 1 heterocycles. The fourth-order valence-corrected chi connectivity index (χ4v) is 1.73. The van der Waals surface area contributed by atoms with Crippen LogP contribution in [0.2, 0.25) is 0 Å². The van der Waals surface area contributed by atoms with E-state index in [4.69, 9.17) is 9.47 Å². The van der Waals surface area contributed by atoms with E-state index < -0.39 is 0 Å². The maximum absolute atomic E-state index is 5.59. The number of nitrogens with zero attached hydrogens (tertiary/aromatic N) is 1. The molecular weight excluding hydrogens is 180 g/mol. The van der Waals surface area contributed by atoms with Gasteiger partial charge in [-0.3, -0.25) is 4.90 Å². The molecule has 1 fully saturated rings. The maximum atomic E-state index is 5.59. The van der Waals surface area contributed by atoms with Crippen LogP contribution in [-0.2, 0) is 9.47 Å². The monoisotopic (exact) mass is 202 g/mol. The summed E-state index contributed by atoms with van der Waals surface area (Å²) >= 11 is 0. The molecule has 4 heteroatoms. The lowest BCUT2D eigenvalue weighted by Crippen LogP contribution is -2.56. The molecule has 1 aliphatic rings. The van der Waals surface area contributed by atoms with Gasteiger partial charge in [-0.25, -0.2) is 0 Å². The molecule has 1 unspecified atom stereocenters. The summed E-state index contributed by atoms with van der Waals surface area (Å²) in [6.45, 7) is 8.47. The van der Waals surface area contributed by atoms with Crippen molar-refractivity contribution in [2.45, 2.75) is 26.2 Å². The van der Waals surface area contributed by atoms with Crippen LogP contribution in [0.1, 0.15) is 13.8 Å². The van der Waals surface area contributed by atoms with Crippen LogP contribution < -0.4 is 5.32 Å². The summed E-state index contributed by atoms with van der Waals surface area (Å²) < 4.78 is 11.2. The summed E-state index contributed by atoms with van der Waals surface area (Å²) in [4.78, 5) is 2.30. The first-order chi connectivity index (χ1) is 6.79. The number of hydrogen-bond donors (Lipinski definition) is 1. The van der Waals surface area contributed by atoms with Crippen molar-refractivity contribution in [3.05, 3.63) is 0 Å². The topological polar surface area (TPSA) is 33.7 Å². The molecule has 0 aromatic heterocycles. The lowest BCUT2D eigenvalue weighted by Gasteiger charge is -2.37. The molecule has 0 bridgehead atoms. The second-order valence-corrected chi connectivity index (χ2v) is 3.53. The Morgan fingerprint density at radius 2 is 2.00 bits per heavy atom. The molecule has 1 saturated heterocycles. The van der Waals surface area contributed by atoms with Gasteiger partial charge in [-0.15, -0.1) is 0 Å². The Morgan fingerprint density at radius 1 is 1.36 bits per heavy atom. The van der Waals surface area contributed by atoms with E-state index in [1.807, 2.05) is 13.8 Å². The van der Waals surface area contributed by atoms with Gasteiger partial charge in [0.25, 0.3) is 0 Å². The van der Waals surface area contributed by atoms with E-state index in [0.717, 1.165) is 19.6 Å². The van der Waals surface area contributed by atoms with Crippen LogP contribution in [0.3, 0.4) is 0 Å². The molecule has 0 saturated carbocycles. The summed E-state index contributed by atoms with van der Waals surface area (Å²) in [5.74, 6) is 0. The summed E-state index contributed by atoms with van der Waals surface area (Å²) in [5.41, 5.74) is 0. The Labute approximate surface area is 86.6 Å². The Kier molecular flexibility index (Phi) is 5.40. The molecule has 0 radical (unpaired) electrons. The minimum atomic E-state index is -0.0946. The van der Waals surface area contributed by atoms with Gasteiger partial charge in [0.2, 0.25) is 0 Å². The van der Waals surface area contributed by atoms with Crippen LogP contribution in [0.5, 0.6) is 0 Å². The van der Waals surface area contributed by atoms with E-state index in [2.05, 4.69) is 17.3 Å². The fraction of sp³-hybridized carbons (Fsp3) is 1.00. The molecule has 4 nitrogen and oxygen atoms in total. The third-order valence-corrected chi connectivity index (χ3v) is 2.54. The molecule has 0 spiro atoms. The van der Waals surface area contributed by atoms with Crippen molar-refractivity contribution in [3.63, 3.8) is 0 Å². The quantitative estimate of drug-likeness (QED) is 0.650. The molecular formula is C10H22N2O2. The van der Waals surface area contributed by atoms with Crippen molar-refractivity contribution in [2.24, 2.45) is 0 Å². The van der Waals surface area contributed by atoms with Gasteiger partial charge in [-0.05, 0) is 20.9 Å². The predicted molar refractivity (Wildman–Crippen MR) is 56.3 cm³/mol. The zero-order chi connectivity index (χ0) is 10.4. The molecule has 1 rings (SSSR count). The van der Waals surface area contributed by atoms with Crippen molar-refractivity contribution in [3.8, 4) is 0 Å². The number of ether oxygens (including phenoxy) is 2. The summed E-state index contributed by atoms with van der Waals surface area (Å²) in [6, 6.07) is 0.337. The van der Waals surface area contributed by atoms with E-state index in [-0.39, 0.29) is 6.29 Å². The highest BCUT2D eigenvalue weighted by molar-refractivity contribution is 4.80. The van der Waals surface area contributed by atoms with Crippen molar-refractivity contribution in [2.75, 3.05) is 39.9 Å². The zero-order valence-electron chi connectivity index (χ0n) is 9.45. The second-order valence-electron chi connectivity index (χ2n) is 3.53. The molecule has 0 aromatic carbocycles. The Hall–Kier alpha value is -0.160. The van der Waals surface area contributed by atoms with Gasteiger partial charge in [0, 0.05) is 32.8 Å². The molecule has 0 aliphatic carbocycles. The van der Waals surface area contributed by atoms with E-state index >= 15 is 0 Å². The van der Waals surface area contributed by atoms with Gasteiger partial charge in [0.1, 0.15) is 0 Å². The molecule has 84 valence electrons. The van der Waals surface area contributed by atoms with Crippen LogP contribution >= 0.6 is 0 Å². The number of hydrogen-bond acceptors (Lipinski definition) is 4. The van der Waals surface area contributed by atoms with E-state index in [9.17, 15) is 0 Å². The fourth-order valence-electron chi connectivity index (χ4n) is 1.73. The number of rotatable bonds is 5. The van der Waals surface area contributed by atoms with Crippen LogP contribution in [0.25, 0.3) is 0 Å². The molecule has 1 N–H and O–H groups in total. The molecule has 1 aliphatic heterocycles. The Balaban J connectivity index is 2.46. The van der Waals surface area contributed by atoms with Crippen LogP contribution in [-0.4, -0.2) is 57.1 Å². The summed E-state index contributed by atoms with van der Waals surface area (Å²) in [5, 5.41) is 3.36. The van der Waals surface area contributed by atoms with Gasteiger partial charge in [0.15, 0.2) is 6.29 Å². The maximum Gasteiger partial charge on any atom is 0.174 e. The second kappa shape index (κ2) is 6.35. The average Bonchev–Trinajstić information content (AvgIpc) is 2.18. The van der Waals surface area contributed by atoms with Crippen molar-refractivity contribution in [1.82, 2.24) is 10.2 Å². The molecule has 14 heavy (non-hydrogen) atoms. The van der Waals surface area contributed by atoms with Gasteiger partial charge in [-0.1, -0.05) is 0 Å². The van der Waals surface area contributed by atoms with Crippen LogP contribution in [0.15, 0.2) is 0 Å². The highest BCUT2D eigenvalue weighted by Gasteiger charge is 2.28. The molecule has 1 atom stereocenters. The first-order valence-electron chi connectivity index (χ1n) is 5.43. The molecule has 0 aromatic rings. The minimum absolute atomic E-state index is 0.0946. The Morgan fingerprint density at radius 3 is 2.50 bits per heavy atom. The first-order valence-corrected chi connectivity index (χ1v) is 5.43. The SMILES string of the molecule is CCOC(OCC)C1CNCCN1C. The lowest BCUT2D eigenvalue weighted by atomic mass is 10.2. The van der Waals surface area contributed by atoms with Crippen molar-refractivity contribution < 1.29 is 9.47 Å². The summed E-state index contributed by atoms with van der Waals surface area (Å²) in [6.07, 6.45) is -0.0946. The van der Waals surface area contributed by atoms with E-state index in [0.29, 0.717) is 19.3 Å². The van der Waals surface area contributed by atoms with E-state index in [1.54, 1.807) is 0 Å². The average molecular weight is 202 g/mol. The number of nitrogens with one attached hydrogen (secondary N) is 1. The van der Waals surface area contributed by atoms with Gasteiger partial charge in [-0.2, -0.15) is 0 Å². The standard InChI is InChI=1S/C10H22N2O2/c1-4-13-10(14-5-2)9-8-11-6-7-12(9)3/h9-11H,4-8H2,1-3H3. The van der Waals surface area contributed by atoms with E-state index in [1.165, 1.54) is 0 Å². The normalized spacial score (nSPS) is 24.4. The third-order valence-electron chi connectivity index (χ3n) is 2.54. The minimum Gasteiger partial charge on any atom is -0.351 e. The third kappa shape index (κ3) is 3.20. The largest absolute Gasteiger partial charge is 0.351 e. The highest BCUT2D eigenvalue weighted by Crippen LogP contribution is 2.10. The number of piperazine rings is 1. The predicted octanol–water partition coefficient (Wildman–Crippen LogP) is 0.289. The van der Waals surface area contributed by atoms with Gasteiger partial charge in [0.05, 0.1) is 6.04 Å². The van der Waals surface area contributed by atoms with Crippen molar-refractivity contribution >= 4 is 0 Å². The molecule has 0 amide bonds. The Bertz CT molecular complexity index is 149. The highest BCUT2D eigenvalue weighted by atomic mass is 16.7.